The number of hydrogen-bond acceptors (Lipinski definition) is 5. The average molecular weight is 366 g/mol. The summed E-state index contributed by atoms with van der Waals surface area (Å²) in [5, 5.41) is 8.83. The summed E-state index contributed by atoms with van der Waals surface area (Å²) in [4.78, 5) is 20.9. The highest BCUT2D eigenvalue weighted by molar-refractivity contribution is 7.13. The largest absolute Gasteiger partial charge is 0.353 e. The van der Waals surface area contributed by atoms with Crippen LogP contribution in [0.2, 0.25) is 0 Å². The SMILES string of the molecule is CC(CCc1ccccc1)NC(=O)Cc1csc(Nc2ccccn2)n1. The number of carbonyl (C=O) groups is 1. The maximum atomic E-state index is 12.2. The number of hydrogen-bond donors (Lipinski definition) is 2. The van der Waals surface area contributed by atoms with Crippen LogP contribution in [0.5, 0.6) is 0 Å². The fraction of sp³-hybridized carbons (Fsp3) is 0.250. The molecule has 0 bridgehead atoms. The molecule has 2 aromatic heterocycles. The average Bonchev–Trinajstić information content (AvgIpc) is 3.08. The van der Waals surface area contributed by atoms with E-state index in [0.29, 0.717) is 0 Å². The van der Waals surface area contributed by atoms with Gasteiger partial charge in [-0.3, -0.25) is 4.79 Å². The van der Waals surface area contributed by atoms with Gasteiger partial charge in [-0.2, -0.15) is 0 Å². The van der Waals surface area contributed by atoms with Crippen LogP contribution in [-0.4, -0.2) is 21.9 Å². The lowest BCUT2D eigenvalue weighted by molar-refractivity contribution is -0.121. The summed E-state index contributed by atoms with van der Waals surface area (Å²) in [6, 6.07) is 16.1. The number of pyridine rings is 1. The summed E-state index contributed by atoms with van der Waals surface area (Å²) in [6.45, 7) is 2.04. The van der Waals surface area contributed by atoms with Crippen LogP contribution in [-0.2, 0) is 17.6 Å². The Labute approximate surface area is 157 Å². The number of amides is 1. The molecule has 0 aliphatic carbocycles. The van der Waals surface area contributed by atoms with Crippen molar-refractivity contribution in [3.63, 3.8) is 0 Å². The first-order chi connectivity index (χ1) is 12.7. The molecule has 0 aliphatic heterocycles. The Balaban J connectivity index is 1.44. The minimum absolute atomic E-state index is 0.000229. The first-order valence-corrected chi connectivity index (χ1v) is 9.53. The van der Waals surface area contributed by atoms with Crippen LogP contribution in [0.15, 0.2) is 60.1 Å². The van der Waals surface area contributed by atoms with Gasteiger partial charge in [-0.25, -0.2) is 9.97 Å². The van der Waals surface area contributed by atoms with Crippen LogP contribution in [0.25, 0.3) is 0 Å². The molecule has 0 saturated heterocycles. The van der Waals surface area contributed by atoms with Crippen molar-refractivity contribution in [2.45, 2.75) is 32.2 Å². The summed E-state index contributed by atoms with van der Waals surface area (Å²) >= 11 is 1.47. The third-order valence-corrected chi connectivity index (χ3v) is 4.72. The highest BCUT2D eigenvalue weighted by Gasteiger charge is 2.11. The lowest BCUT2D eigenvalue weighted by Gasteiger charge is -2.13. The van der Waals surface area contributed by atoms with Crippen LogP contribution in [0.4, 0.5) is 10.9 Å². The van der Waals surface area contributed by atoms with Crippen molar-refractivity contribution in [1.82, 2.24) is 15.3 Å². The molecule has 3 aromatic rings. The Bertz CT molecular complexity index is 820. The number of aryl methyl sites for hydroxylation is 1. The Kier molecular flexibility index (Phi) is 6.33. The lowest BCUT2D eigenvalue weighted by Crippen LogP contribution is -2.34. The molecule has 0 radical (unpaired) electrons. The van der Waals surface area contributed by atoms with Crippen LogP contribution in [0, 0.1) is 0 Å². The molecule has 1 atom stereocenters. The second kappa shape index (κ2) is 9.10. The maximum absolute atomic E-state index is 12.2. The van der Waals surface area contributed by atoms with Gasteiger partial charge < -0.3 is 10.6 Å². The highest BCUT2D eigenvalue weighted by Crippen LogP contribution is 2.19. The standard InChI is InChI=1S/C20H22N4OS/c1-15(10-11-16-7-3-2-4-8-16)22-19(25)13-17-14-26-20(23-17)24-18-9-5-6-12-21-18/h2-9,12,14-15H,10-11,13H2,1H3,(H,22,25)(H,21,23,24). The minimum atomic E-state index is 0.000229. The van der Waals surface area contributed by atoms with Crippen LogP contribution in [0.1, 0.15) is 24.6 Å². The van der Waals surface area contributed by atoms with Gasteiger partial charge in [0.15, 0.2) is 5.13 Å². The van der Waals surface area contributed by atoms with Crippen molar-refractivity contribution in [1.29, 1.82) is 0 Å². The van der Waals surface area contributed by atoms with E-state index in [1.807, 2.05) is 48.7 Å². The van der Waals surface area contributed by atoms with E-state index in [2.05, 4.69) is 32.7 Å². The summed E-state index contributed by atoms with van der Waals surface area (Å²) in [7, 11) is 0. The summed E-state index contributed by atoms with van der Waals surface area (Å²) in [6.07, 6.45) is 3.88. The molecular weight excluding hydrogens is 344 g/mol. The smallest absolute Gasteiger partial charge is 0.226 e. The normalized spacial score (nSPS) is 11.7. The van der Waals surface area contributed by atoms with Gasteiger partial charge in [0.2, 0.25) is 5.91 Å². The zero-order valence-electron chi connectivity index (χ0n) is 14.7. The summed E-state index contributed by atoms with van der Waals surface area (Å²) in [5.74, 6) is 0.743. The molecule has 1 aromatic carbocycles. The van der Waals surface area contributed by atoms with Gasteiger partial charge in [0.25, 0.3) is 0 Å². The van der Waals surface area contributed by atoms with Crippen molar-refractivity contribution in [2.75, 3.05) is 5.32 Å². The number of nitrogens with one attached hydrogen (secondary N) is 2. The monoisotopic (exact) mass is 366 g/mol. The van der Waals surface area contributed by atoms with Gasteiger partial charge in [-0.15, -0.1) is 11.3 Å². The Morgan fingerprint density at radius 1 is 1.15 bits per heavy atom. The molecule has 5 nitrogen and oxygen atoms in total. The molecule has 1 amide bonds. The van der Waals surface area contributed by atoms with E-state index in [4.69, 9.17) is 0 Å². The van der Waals surface area contributed by atoms with E-state index < -0.39 is 0 Å². The third kappa shape index (κ3) is 5.67. The fourth-order valence-corrected chi connectivity index (χ4v) is 3.30. The van der Waals surface area contributed by atoms with E-state index in [0.717, 1.165) is 29.5 Å². The van der Waals surface area contributed by atoms with Crippen LogP contribution in [0.3, 0.4) is 0 Å². The van der Waals surface area contributed by atoms with Crippen molar-refractivity contribution >= 4 is 28.2 Å². The minimum Gasteiger partial charge on any atom is -0.353 e. The van der Waals surface area contributed by atoms with Crippen LogP contribution >= 0.6 is 11.3 Å². The van der Waals surface area contributed by atoms with Crippen molar-refractivity contribution in [3.8, 4) is 0 Å². The van der Waals surface area contributed by atoms with Gasteiger partial charge in [0.05, 0.1) is 12.1 Å². The first kappa shape index (κ1) is 18.1. The molecule has 0 spiro atoms. The molecule has 0 aliphatic rings. The van der Waals surface area contributed by atoms with Gasteiger partial charge >= 0.3 is 0 Å². The molecule has 0 saturated carbocycles. The molecule has 6 heteroatoms. The van der Waals surface area contributed by atoms with Crippen molar-refractivity contribution in [3.05, 3.63) is 71.4 Å². The molecule has 0 fully saturated rings. The quantitative estimate of drug-likeness (QED) is 0.633. The fourth-order valence-electron chi connectivity index (χ4n) is 2.58. The van der Waals surface area contributed by atoms with Crippen LogP contribution < -0.4 is 10.6 Å². The molecule has 134 valence electrons. The van der Waals surface area contributed by atoms with E-state index >= 15 is 0 Å². The number of carbonyl (C=O) groups excluding carboxylic acids is 1. The Hall–Kier alpha value is -2.73. The van der Waals surface area contributed by atoms with Gasteiger partial charge in [0, 0.05) is 17.6 Å². The Morgan fingerprint density at radius 2 is 1.96 bits per heavy atom. The predicted octanol–water partition coefficient (Wildman–Crippen LogP) is 3.96. The van der Waals surface area contributed by atoms with E-state index in [9.17, 15) is 4.79 Å². The number of thiazole rings is 1. The number of benzene rings is 1. The zero-order valence-corrected chi connectivity index (χ0v) is 15.5. The van der Waals surface area contributed by atoms with E-state index in [-0.39, 0.29) is 18.4 Å². The molecule has 1 unspecified atom stereocenters. The zero-order chi connectivity index (χ0) is 18.2. The molecular formula is C20H22N4OS. The summed E-state index contributed by atoms with van der Waals surface area (Å²) < 4.78 is 0. The molecule has 26 heavy (non-hydrogen) atoms. The second-order valence-electron chi connectivity index (χ2n) is 6.15. The number of nitrogens with zero attached hydrogens (tertiary/aromatic N) is 2. The van der Waals surface area contributed by atoms with Crippen molar-refractivity contribution < 1.29 is 4.79 Å². The van der Waals surface area contributed by atoms with Crippen molar-refractivity contribution in [2.24, 2.45) is 0 Å². The summed E-state index contributed by atoms with van der Waals surface area (Å²) in [5.41, 5.74) is 2.06. The lowest BCUT2D eigenvalue weighted by atomic mass is 10.1. The highest BCUT2D eigenvalue weighted by atomic mass is 32.1. The second-order valence-corrected chi connectivity index (χ2v) is 7.01. The molecule has 3 rings (SSSR count). The Morgan fingerprint density at radius 3 is 2.73 bits per heavy atom. The first-order valence-electron chi connectivity index (χ1n) is 8.65. The van der Waals surface area contributed by atoms with E-state index in [1.54, 1.807) is 6.20 Å². The number of aromatic nitrogens is 2. The number of rotatable bonds is 8. The van der Waals surface area contributed by atoms with E-state index in [1.165, 1.54) is 16.9 Å². The predicted molar refractivity (Wildman–Crippen MR) is 106 cm³/mol. The third-order valence-electron chi connectivity index (χ3n) is 3.91. The van der Waals surface area contributed by atoms with Gasteiger partial charge in [-0.1, -0.05) is 36.4 Å². The molecule has 2 heterocycles. The van der Waals surface area contributed by atoms with Gasteiger partial charge in [0.1, 0.15) is 5.82 Å². The molecule has 2 N–H and O–H groups in total. The number of anilines is 2. The topological polar surface area (TPSA) is 66.9 Å². The maximum Gasteiger partial charge on any atom is 0.226 e. The van der Waals surface area contributed by atoms with Gasteiger partial charge in [-0.05, 0) is 37.5 Å².